The Balaban J connectivity index is 1.39. The number of anilines is 2. The molecule has 2 heterocycles. The van der Waals surface area contributed by atoms with Gasteiger partial charge in [0, 0.05) is 61.2 Å². The molecular formula is C22H24N4O. The third-order valence-corrected chi connectivity index (χ3v) is 5.03. The van der Waals surface area contributed by atoms with Crippen LogP contribution in [0, 0.1) is 0 Å². The summed E-state index contributed by atoms with van der Waals surface area (Å²) in [4.78, 5) is 17.2. The third-order valence-electron chi connectivity index (χ3n) is 5.03. The Morgan fingerprint density at radius 2 is 1.41 bits per heavy atom. The Morgan fingerprint density at radius 3 is 2.04 bits per heavy atom. The summed E-state index contributed by atoms with van der Waals surface area (Å²) in [5.41, 5.74) is 3.70. The SMILES string of the molecule is CN1CCN(c2ccc(NC(=O)c3ccc(-n4cccc4)cc3)cc2)CC1. The van der Waals surface area contributed by atoms with Crippen molar-refractivity contribution < 1.29 is 4.79 Å². The molecule has 0 bridgehead atoms. The van der Waals surface area contributed by atoms with E-state index in [0.29, 0.717) is 5.56 Å². The van der Waals surface area contributed by atoms with E-state index in [0.717, 1.165) is 37.6 Å². The lowest BCUT2D eigenvalue weighted by Crippen LogP contribution is -2.44. The van der Waals surface area contributed by atoms with E-state index in [2.05, 4.69) is 34.3 Å². The molecule has 5 heteroatoms. The van der Waals surface area contributed by atoms with Crippen LogP contribution in [0.4, 0.5) is 11.4 Å². The van der Waals surface area contributed by atoms with Crippen LogP contribution in [0.15, 0.2) is 73.1 Å². The zero-order chi connectivity index (χ0) is 18.6. The van der Waals surface area contributed by atoms with Crippen LogP contribution in [-0.4, -0.2) is 48.6 Å². The van der Waals surface area contributed by atoms with Gasteiger partial charge in [0.2, 0.25) is 0 Å². The monoisotopic (exact) mass is 360 g/mol. The molecule has 1 aliphatic heterocycles. The van der Waals surface area contributed by atoms with E-state index >= 15 is 0 Å². The van der Waals surface area contributed by atoms with E-state index in [-0.39, 0.29) is 5.91 Å². The zero-order valence-electron chi connectivity index (χ0n) is 15.5. The van der Waals surface area contributed by atoms with Gasteiger partial charge in [-0.05, 0) is 67.7 Å². The van der Waals surface area contributed by atoms with Gasteiger partial charge in [-0.1, -0.05) is 0 Å². The highest BCUT2D eigenvalue weighted by atomic mass is 16.1. The highest BCUT2D eigenvalue weighted by Crippen LogP contribution is 2.20. The van der Waals surface area contributed by atoms with Crippen LogP contribution >= 0.6 is 0 Å². The normalized spacial score (nSPS) is 14.9. The average molecular weight is 360 g/mol. The standard InChI is InChI=1S/C22H24N4O/c1-24-14-16-26(17-15-24)21-10-6-19(7-11-21)23-22(27)18-4-8-20(9-5-18)25-12-2-3-13-25/h2-13H,14-17H2,1H3,(H,23,27). The maximum atomic E-state index is 12.5. The minimum absolute atomic E-state index is 0.0959. The Hall–Kier alpha value is -3.05. The number of amides is 1. The first-order valence-electron chi connectivity index (χ1n) is 9.27. The molecule has 1 N–H and O–H groups in total. The van der Waals surface area contributed by atoms with Crippen LogP contribution in [0.25, 0.3) is 5.69 Å². The van der Waals surface area contributed by atoms with Crippen molar-refractivity contribution in [1.82, 2.24) is 9.47 Å². The minimum Gasteiger partial charge on any atom is -0.369 e. The van der Waals surface area contributed by atoms with Gasteiger partial charge in [-0.3, -0.25) is 4.79 Å². The fraction of sp³-hybridized carbons (Fsp3) is 0.227. The molecule has 138 valence electrons. The van der Waals surface area contributed by atoms with Gasteiger partial charge < -0.3 is 19.7 Å². The number of aromatic nitrogens is 1. The van der Waals surface area contributed by atoms with Crippen LogP contribution in [0.5, 0.6) is 0 Å². The van der Waals surface area contributed by atoms with E-state index in [1.54, 1.807) is 0 Å². The maximum Gasteiger partial charge on any atom is 0.255 e. The topological polar surface area (TPSA) is 40.5 Å². The second-order valence-corrected chi connectivity index (χ2v) is 6.93. The van der Waals surface area contributed by atoms with Crippen LogP contribution in [-0.2, 0) is 0 Å². The van der Waals surface area contributed by atoms with E-state index in [9.17, 15) is 4.79 Å². The summed E-state index contributed by atoms with van der Waals surface area (Å²) in [5.74, 6) is -0.0959. The van der Waals surface area contributed by atoms with Crippen LogP contribution < -0.4 is 10.2 Å². The maximum absolute atomic E-state index is 12.5. The molecule has 0 radical (unpaired) electrons. The molecule has 0 atom stereocenters. The summed E-state index contributed by atoms with van der Waals surface area (Å²) in [7, 11) is 2.15. The number of hydrogen-bond donors (Lipinski definition) is 1. The molecule has 2 aromatic carbocycles. The number of hydrogen-bond acceptors (Lipinski definition) is 3. The highest BCUT2D eigenvalue weighted by molar-refractivity contribution is 6.04. The molecule has 1 fully saturated rings. The van der Waals surface area contributed by atoms with E-state index in [1.807, 2.05) is 65.5 Å². The first-order chi connectivity index (χ1) is 13.2. The lowest BCUT2D eigenvalue weighted by atomic mass is 10.2. The Bertz CT molecular complexity index is 877. The van der Waals surface area contributed by atoms with Crippen molar-refractivity contribution in [2.45, 2.75) is 0 Å². The van der Waals surface area contributed by atoms with Gasteiger partial charge >= 0.3 is 0 Å². The average Bonchev–Trinajstić information content (AvgIpc) is 3.24. The van der Waals surface area contributed by atoms with Crippen LogP contribution in [0.2, 0.25) is 0 Å². The molecule has 0 saturated carbocycles. The second-order valence-electron chi connectivity index (χ2n) is 6.93. The Labute approximate surface area is 159 Å². The molecule has 5 nitrogen and oxygen atoms in total. The molecule has 0 aliphatic carbocycles. The highest BCUT2D eigenvalue weighted by Gasteiger charge is 2.14. The first kappa shape index (κ1) is 17.4. The predicted octanol–water partition coefficient (Wildman–Crippen LogP) is 3.48. The van der Waals surface area contributed by atoms with Gasteiger partial charge in [0.25, 0.3) is 5.91 Å². The molecule has 27 heavy (non-hydrogen) atoms. The van der Waals surface area contributed by atoms with Gasteiger partial charge in [0.05, 0.1) is 0 Å². The fourth-order valence-electron chi connectivity index (χ4n) is 3.32. The molecule has 1 amide bonds. The molecule has 0 spiro atoms. The summed E-state index contributed by atoms with van der Waals surface area (Å²) in [6, 6.07) is 19.7. The number of carbonyl (C=O) groups is 1. The predicted molar refractivity (Wildman–Crippen MR) is 110 cm³/mol. The fourth-order valence-corrected chi connectivity index (χ4v) is 3.32. The molecular weight excluding hydrogens is 336 g/mol. The molecule has 3 aromatic rings. The number of benzene rings is 2. The zero-order valence-corrected chi connectivity index (χ0v) is 15.5. The van der Waals surface area contributed by atoms with Crippen molar-refractivity contribution >= 4 is 17.3 Å². The smallest absolute Gasteiger partial charge is 0.255 e. The number of likely N-dealkylation sites (N-methyl/N-ethyl adjacent to an activating group) is 1. The third kappa shape index (κ3) is 4.04. The summed E-state index contributed by atoms with van der Waals surface area (Å²) in [5, 5.41) is 2.98. The summed E-state index contributed by atoms with van der Waals surface area (Å²) in [6.45, 7) is 4.24. The number of piperazine rings is 1. The lowest BCUT2D eigenvalue weighted by molar-refractivity contribution is 0.102. The van der Waals surface area contributed by atoms with Gasteiger partial charge in [-0.15, -0.1) is 0 Å². The summed E-state index contributed by atoms with van der Waals surface area (Å²) < 4.78 is 2.01. The van der Waals surface area contributed by atoms with Crippen LogP contribution in [0.1, 0.15) is 10.4 Å². The quantitative estimate of drug-likeness (QED) is 0.774. The van der Waals surface area contributed by atoms with Gasteiger partial charge in [0.1, 0.15) is 0 Å². The molecule has 0 unspecified atom stereocenters. The first-order valence-corrected chi connectivity index (χ1v) is 9.27. The van der Waals surface area contributed by atoms with Crippen molar-refractivity contribution in [1.29, 1.82) is 0 Å². The summed E-state index contributed by atoms with van der Waals surface area (Å²) >= 11 is 0. The van der Waals surface area contributed by atoms with E-state index in [4.69, 9.17) is 0 Å². The van der Waals surface area contributed by atoms with Gasteiger partial charge in [-0.2, -0.15) is 0 Å². The molecule has 4 rings (SSSR count). The lowest BCUT2D eigenvalue weighted by Gasteiger charge is -2.34. The van der Waals surface area contributed by atoms with E-state index in [1.165, 1.54) is 5.69 Å². The number of nitrogens with one attached hydrogen (secondary N) is 1. The minimum atomic E-state index is -0.0959. The van der Waals surface area contributed by atoms with Crippen LogP contribution in [0.3, 0.4) is 0 Å². The second kappa shape index (κ2) is 7.68. The van der Waals surface area contributed by atoms with E-state index < -0.39 is 0 Å². The van der Waals surface area contributed by atoms with Gasteiger partial charge in [-0.25, -0.2) is 0 Å². The Kier molecular flexibility index (Phi) is 4.94. The van der Waals surface area contributed by atoms with Crippen molar-refractivity contribution in [2.75, 3.05) is 43.4 Å². The van der Waals surface area contributed by atoms with Crippen molar-refractivity contribution in [3.8, 4) is 5.69 Å². The van der Waals surface area contributed by atoms with Gasteiger partial charge in [0.15, 0.2) is 0 Å². The molecule has 1 aliphatic rings. The number of nitrogens with zero attached hydrogens (tertiary/aromatic N) is 3. The molecule has 1 saturated heterocycles. The Morgan fingerprint density at radius 1 is 0.815 bits per heavy atom. The van der Waals surface area contributed by atoms with Crippen molar-refractivity contribution in [3.63, 3.8) is 0 Å². The largest absolute Gasteiger partial charge is 0.369 e. The van der Waals surface area contributed by atoms with Crippen molar-refractivity contribution in [3.05, 3.63) is 78.6 Å². The summed E-state index contributed by atoms with van der Waals surface area (Å²) in [6.07, 6.45) is 3.97. The molecule has 1 aromatic heterocycles. The number of rotatable bonds is 4. The van der Waals surface area contributed by atoms with Crippen molar-refractivity contribution in [2.24, 2.45) is 0 Å². The number of carbonyl (C=O) groups excluding carboxylic acids is 1.